The maximum Gasteiger partial charge on any atom is 0.269 e. The highest BCUT2D eigenvalue weighted by Crippen LogP contribution is 2.23. The van der Waals surface area contributed by atoms with E-state index in [4.69, 9.17) is 4.74 Å². The monoisotopic (exact) mass is 468 g/mol. The van der Waals surface area contributed by atoms with E-state index in [-0.39, 0.29) is 24.7 Å². The van der Waals surface area contributed by atoms with Gasteiger partial charge < -0.3 is 9.64 Å². The molecule has 0 aliphatic rings. The predicted molar refractivity (Wildman–Crippen MR) is 129 cm³/mol. The second-order valence-electron chi connectivity index (χ2n) is 7.84. The van der Waals surface area contributed by atoms with Crippen LogP contribution in [0.2, 0.25) is 0 Å². The minimum absolute atomic E-state index is 0.0522. The first-order valence-electron chi connectivity index (χ1n) is 10.8. The second kappa shape index (κ2) is 9.18. The standard InChI is InChI=1S/C25H20N6O4/c1-17-21-9-5-6-10-22(21)25-27-26-23(30(25)28-17)15-29(18-7-3-2-4-8-18)24(32)16-35-20-13-11-19(12-14-20)31(33)34/h2-14H,15-16H2,1H3. The minimum atomic E-state index is -0.492. The summed E-state index contributed by atoms with van der Waals surface area (Å²) in [6.45, 7) is 1.78. The molecule has 0 unspecified atom stereocenters. The third kappa shape index (κ3) is 4.36. The van der Waals surface area contributed by atoms with E-state index in [1.165, 1.54) is 24.3 Å². The van der Waals surface area contributed by atoms with E-state index in [0.717, 1.165) is 16.5 Å². The zero-order chi connectivity index (χ0) is 24.4. The van der Waals surface area contributed by atoms with Crippen LogP contribution in [0.3, 0.4) is 0 Å². The lowest BCUT2D eigenvalue weighted by Gasteiger charge is -2.22. The molecule has 0 fully saturated rings. The molecule has 35 heavy (non-hydrogen) atoms. The molecule has 0 radical (unpaired) electrons. The first-order valence-corrected chi connectivity index (χ1v) is 10.8. The molecule has 2 heterocycles. The fourth-order valence-electron chi connectivity index (χ4n) is 3.84. The quantitative estimate of drug-likeness (QED) is 0.261. The number of hydrogen-bond acceptors (Lipinski definition) is 7. The Kier molecular flexibility index (Phi) is 5.76. The number of amides is 1. The van der Waals surface area contributed by atoms with Gasteiger partial charge in [-0.15, -0.1) is 10.2 Å². The van der Waals surface area contributed by atoms with E-state index in [0.29, 0.717) is 22.9 Å². The van der Waals surface area contributed by atoms with Crippen LogP contribution in [0.15, 0.2) is 78.9 Å². The molecular formula is C25H20N6O4. The maximum absolute atomic E-state index is 13.2. The third-order valence-corrected chi connectivity index (χ3v) is 5.59. The Morgan fingerprint density at radius 3 is 2.37 bits per heavy atom. The number of nitrogens with zero attached hydrogens (tertiary/aromatic N) is 6. The lowest BCUT2D eigenvalue weighted by atomic mass is 10.1. The van der Waals surface area contributed by atoms with E-state index in [2.05, 4.69) is 15.3 Å². The van der Waals surface area contributed by atoms with Crippen molar-refractivity contribution in [1.82, 2.24) is 19.8 Å². The van der Waals surface area contributed by atoms with Crippen LogP contribution in [0, 0.1) is 17.0 Å². The summed E-state index contributed by atoms with van der Waals surface area (Å²) in [6, 6.07) is 22.6. The van der Waals surface area contributed by atoms with E-state index in [1.54, 1.807) is 9.42 Å². The van der Waals surface area contributed by atoms with Gasteiger partial charge in [-0.05, 0) is 31.2 Å². The topological polar surface area (TPSA) is 116 Å². The van der Waals surface area contributed by atoms with Gasteiger partial charge in [0, 0.05) is 28.6 Å². The van der Waals surface area contributed by atoms with E-state index in [9.17, 15) is 14.9 Å². The molecular weight excluding hydrogens is 448 g/mol. The average molecular weight is 468 g/mol. The van der Waals surface area contributed by atoms with Crippen LogP contribution in [0.4, 0.5) is 11.4 Å². The van der Waals surface area contributed by atoms with Crippen molar-refractivity contribution >= 4 is 33.7 Å². The molecule has 0 aliphatic carbocycles. The molecule has 0 N–H and O–H groups in total. The Morgan fingerprint density at radius 2 is 1.66 bits per heavy atom. The van der Waals surface area contributed by atoms with Gasteiger partial charge in [-0.1, -0.05) is 42.5 Å². The molecule has 0 spiro atoms. The second-order valence-corrected chi connectivity index (χ2v) is 7.84. The Bertz CT molecular complexity index is 1530. The lowest BCUT2D eigenvalue weighted by molar-refractivity contribution is -0.384. The fraction of sp³-hybridized carbons (Fsp3) is 0.120. The highest BCUT2D eigenvalue weighted by molar-refractivity contribution is 5.95. The van der Waals surface area contributed by atoms with Crippen LogP contribution in [-0.2, 0) is 11.3 Å². The van der Waals surface area contributed by atoms with Crippen molar-refractivity contribution in [1.29, 1.82) is 0 Å². The molecule has 2 aromatic heterocycles. The normalized spacial score (nSPS) is 11.0. The first kappa shape index (κ1) is 22.0. The van der Waals surface area contributed by atoms with Crippen LogP contribution >= 0.6 is 0 Å². The molecule has 0 saturated heterocycles. The lowest BCUT2D eigenvalue weighted by Crippen LogP contribution is -2.35. The number of hydrogen-bond donors (Lipinski definition) is 0. The van der Waals surface area contributed by atoms with Crippen molar-refractivity contribution in [3.05, 3.63) is 100 Å². The highest BCUT2D eigenvalue weighted by atomic mass is 16.6. The summed E-state index contributed by atoms with van der Waals surface area (Å²) in [7, 11) is 0. The van der Waals surface area contributed by atoms with Gasteiger partial charge in [0.15, 0.2) is 18.1 Å². The van der Waals surface area contributed by atoms with Crippen molar-refractivity contribution in [3.8, 4) is 5.75 Å². The number of carbonyl (C=O) groups is 1. The number of nitro groups is 1. The Labute approximate surface area is 199 Å². The molecule has 1 amide bonds. The summed E-state index contributed by atoms with van der Waals surface area (Å²) in [5.74, 6) is 0.541. The highest BCUT2D eigenvalue weighted by Gasteiger charge is 2.21. The van der Waals surface area contributed by atoms with Crippen LogP contribution in [0.25, 0.3) is 16.4 Å². The molecule has 3 aromatic carbocycles. The summed E-state index contributed by atoms with van der Waals surface area (Å²) in [4.78, 5) is 25.2. The number of aromatic nitrogens is 4. The van der Waals surface area contributed by atoms with Crippen LogP contribution in [0.5, 0.6) is 5.75 Å². The van der Waals surface area contributed by atoms with E-state index >= 15 is 0 Å². The van der Waals surface area contributed by atoms with Gasteiger partial charge in [0.1, 0.15) is 5.75 Å². The summed E-state index contributed by atoms with van der Waals surface area (Å²) >= 11 is 0. The van der Waals surface area contributed by atoms with Crippen molar-refractivity contribution in [2.75, 3.05) is 11.5 Å². The van der Waals surface area contributed by atoms with Gasteiger partial charge >= 0.3 is 0 Å². The third-order valence-electron chi connectivity index (χ3n) is 5.59. The van der Waals surface area contributed by atoms with Gasteiger partial charge in [0.05, 0.1) is 17.2 Å². The number of anilines is 1. The summed E-state index contributed by atoms with van der Waals surface area (Å²) in [5.41, 5.74) is 2.06. The van der Waals surface area contributed by atoms with Gasteiger partial charge in [-0.3, -0.25) is 14.9 Å². The Hall–Kier alpha value is -4.86. The van der Waals surface area contributed by atoms with Gasteiger partial charge in [-0.2, -0.15) is 9.61 Å². The van der Waals surface area contributed by atoms with Crippen molar-refractivity contribution in [3.63, 3.8) is 0 Å². The SMILES string of the molecule is Cc1nn2c(CN(C(=O)COc3ccc([N+](=O)[O-])cc3)c3ccccc3)nnc2c2ccccc12. The van der Waals surface area contributed by atoms with Crippen LogP contribution in [0.1, 0.15) is 11.5 Å². The number of nitro benzene ring substituents is 1. The molecule has 5 rings (SSSR count). The molecule has 0 aliphatic heterocycles. The van der Waals surface area contributed by atoms with Gasteiger partial charge in [0.25, 0.3) is 11.6 Å². The van der Waals surface area contributed by atoms with Crippen molar-refractivity contribution in [2.45, 2.75) is 13.5 Å². The number of para-hydroxylation sites is 1. The molecule has 0 saturated carbocycles. The summed E-state index contributed by atoms with van der Waals surface area (Å²) in [5, 5.41) is 26.1. The van der Waals surface area contributed by atoms with Crippen molar-refractivity contribution < 1.29 is 14.5 Å². The number of ether oxygens (including phenoxy) is 1. The molecule has 0 bridgehead atoms. The van der Waals surface area contributed by atoms with Gasteiger partial charge in [0.2, 0.25) is 0 Å². The number of fused-ring (bicyclic) bond motifs is 3. The van der Waals surface area contributed by atoms with Crippen molar-refractivity contribution in [2.24, 2.45) is 0 Å². The van der Waals surface area contributed by atoms with Crippen LogP contribution < -0.4 is 9.64 Å². The molecule has 0 atom stereocenters. The first-order chi connectivity index (χ1) is 17.0. The molecule has 10 heteroatoms. The number of rotatable bonds is 7. The predicted octanol–water partition coefficient (Wildman–Crippen LogP) is 4.11. The molecule has 5 aromatic rings. The fourth-order valence-corrected chi connectivity index (χ4v) is 3.84. The van der Waals surface area contributed by atoms with E-state index in [1.807, 2.05) is 61.5 Å². The number of non-ortho nitro benzene ring substituents is 1. The Morgan fingerprint density at radius 1 is 0.971 bits per heavy atom. The summed E-state index contributed by atoms with van der Waals surface area (Å²) < 4.78 is 7.28. The zero-order valence-corrected chi connectivity index (χ0v) is 18.7. The van der Waals surface area contributed by atoms with Gasteiger partial charge in [-0.25, -0.2) is 0 Å². The number of aryl methyl sites for hydroxylation is 1. The number of benzene rings is 3. The summed E-state index contributed by atoms with van der Waals surface area (Å²) in [6.07, 6.45) is 0. The van der Waals surface area contributed by atoms with E-state index < -0.39 is 4.92 Å². The Balaban J connectivity index is 1.43. The minimum Gasteiger partial charge on any atom is -0.484 e. The maximum atomic E-state index is 13.2. The van der Waals surface area contributed by atoms with Crippen LogP contribution in [-0.4, -0.2) is 37.2 Å². The zero-order valence-electron chi connectivity index (χ0n) is 18.7. The number of carbonyl (C=O) groups excluding carboxylic acids is 1. The molecule has 174 valence electrons. The smallest absolute Gasteiger partial charge is 0.269 e. The average Bonchev–Trinajstić information content (AvgIpc) is 3.29. The largest absolute Gasteiger partial charge is 0.484 e. The molecule has 10 nitrogen and oxygen atoms in total.